The van der Waals surface area contributed by atoms with Gasteiger partial charge in [0.2, 0.25) is 5.56 Å². The predicted molar refractivity (Wildman–Crippen MR) is 102 cm³/mol. The van der Waals surface area contributed by atoms with Crippen LogP contribution in [0.15, 0.2) is 64.4 Å². The van der Waals surface area contributed by atoms with Crippen LogP contribution in [0.2, 0.25) is 0 Å². The molecule has 1 aromatic carbocycles. The fourth-order valence-corrected chi connectivity index (χ4v) is 3.45. The number of nitrogens with zero attached hydrogens (tertiary/aromatic N) is 2. The Hall–Kier alpha value is -3.37. The van der Waals surface area contributed by atoms with E-state index in [0.717, 1.165) is 5.56 Å². The average molecular weight is 377 g/mol. The van der Waals surface area contributed by atoms with Gasteiger partial charge in [0.1, 0.15) is 11.8 Å². The van der Waals surface area contributed by atoms with Crippen molar-refractivity contribution in [3.63, 3.8) is 0 Å². The second-order valence-electron chi connectivity index (χ2n) is 5.52. The lowest BCUT2D eigenvalue weighted by molar-refractivity contribution is 0.0594. The Balaban J connectivity index is 1.92. The molecule has 0 radical (unpaired) electrons. The van der Waals surface area contributed by atoms with Crippen molar-refractivity contribution in [3.8, 4) is 17.2 Å². The third-order valence-electron chi connectivity index (χ3n) is 3.77. The number of hydrogen-bond acceptors (Lipinski definition) is 6. The molecular formula is C20H15N3O3S. The number of H-pyrrole nitrogens is 1. The molecule has 0 aliphatic rings. The monoisotopic (exact) mass is 377 g/mol. The highest BCUT2D eigenvalue weighted by Crippen LogP contribution is 2.29. The van der Waals surface area contributed by atoms with E-state index in [-0.39, 0.29) is 11.3 Å². The normalized spacial score (nSPS) is 10.2. The molecule has 0 fully saturated rings. The lowest BCUT2D eigenvalue weighted by Crippen LogP contribution is -2.09. The largest absolute Gasteiger partial charge is 0.464 e. The minimum Gasteiger partial charge on any atom is -0.464 e. The van der Waals surface area contributed by atoms with Crippen molar-refractivity contribution >= 4 is 17.7 Å². The first-order valence-electron chi connectivity index (χ1n) is 8.02. The summed E-state index contributed by atoms with van der Waals surface area (Å²) in [5.74, 6) is -0.132. The van der Waals surface area contributed by atoms with Gasteiger partial charge in [-0.1, -0.05) is 36.4 Å². The van der Waals surface area contributed by atoms with E-state index in [2.05, 4.69) is 20.8 Å². The first kappa shape index (κ1) is 18.4. The van der Waals surface area contributed by atoms with E-state index < -0.39 is 5.97 Å². The molecule has 3 aromatic rings. The minimum atomic E-state index is -0.515. The van der Waals surface area contributed by atoms with Crippen molar-refractivity contribution in [1.82, 2.24) is 9.97 Å². The second-order valence-corrected chi connectivity index (χ2v) is 6.51. The van der Waals surface area contributed by atoms with Crippen molar-refractivity contribution in [2.24, 2.45) is 0 Å². The quantitative estimate of drug-likeness (QED) is 0.541. The highest BCUT2D eigenvalue weighted by Gasteiger charge is 2.14. The van der Waals surface area contributed by atoms with E-state index in [4.69, 9.17) is 0 Å². The summed E-state index contributed by atoms with van der Waals surface area (Å²) in [5.41, 5.74) is 2.34. The molecule has 0 spiro atoms. The van der Waals surface area contributed by atoms with Crippen LogP contribution in [-0.2, 0) is 10.5 Å². The summed E-state index contributed by atoms with van der Waals surface area (Å²) in [6, 6.07) is 17.9. The van der Waals surface area contributed by atoms with Gasteiger partial charge in [0.15, 0.2) is 0 Å². The molecule has 0 aliphatic heterocycles. The van der Waals surface area contributed by atoms with Gasteiger partial charge in [-0.3, -0.25) is 4.79 Å². The molecule has 6 nitrogen and oxygen atoms in total. The zero-order valence-corrected chi connectivity index (χ0v) is 15.2. The van der Waals surface area contributed by atoms with Gasteiger partial charge in [-0.05, 0) is 17.7 Å². The molecule has 2 aromatic heterocycles. The summed E-state index contributed by atoms with van der Waals surface area (Å²) >= 11 is 1.28. The third kappa shape index (κ3) is 4.25. The Labute approximate surface area is 159 Å². The van der Waals surface area contributed by atoms with Gasteiger partial charge < -0.3 is 9.72 Å². The fourth-order valence-electron chi connectivity index (χ4n) is 2.53. The van der Waals surface area contributed by atoms with E-state index in [0.29, 0.717) is 27.6 Å². The van der Waals surface area contributed by atoms with Crippen LogP contribution in [0.4, 0.5) is 0 Å². The van der Waals surface area contributed by atoms with Gasteiger partial charge in [0, 0.05) is 17.4 Å². The Kier molecular flexibility index (Phi) is 5.69. The third-order valence-corrected chi connectivity index (χ3v) is 4.81. The molecule has 2 heterocycles. The van der Waals surface area contributed by atoms with Gasteiger partial charge in [0.05, 0.1) is 23.4 Å². The number of rotatable bonds is 5. The number of thioether (sulfide) groups is 1. The van der Waals surface area contributed by atoms with E-state index in [1.165, 1.54) is 24.9 Å². The van der Waals surface area contributed by atoms with Gasteiger partial charge in [-0.15, -0.1) is 11.8 Å². The highest BCUT2D eigenvalue weighted by atomic mass is 32.2. The molecule has 0 unspecified atom stereocenters. The molecule has 7 heteroatoms. The van der Waals surface area contributed by atoms with Gasteiger partial charge in [-0.2, -0.15) is 5.26 Å². The van der Waals surface area contributed by atoms with Crippen molar-refractivity contribution in [2.45, 2.75) is 10.8 Å². The summed E-state index contributed by atoms with van der Waals surface area (Å²) in [6.45, 7) is 0. The summed E-state index contributed by atoms with van der Waals surface area (Å²) in [6.07, 6.45) is 0. The van der Waals surface area contributed by atoms with E-state index in [9.17, 15) is 14.9 Å². The van der Waals surface area contributed by atoms with Crippen LogP contribution in [0.1, 0.15) is 21.7 Å². The van der Waals surface area contributed by atoms with Crippen molar-refractivity contribution in [2.75, 3.05) is 7.11 Å². The number of aromatic nitrogens is 2. The number of benzene rings is 1. The van der Waals surface area contributed by atoms with Crippen molar-refractivity contribution in [3.05, 3.63) is 81.9 Å². The molecule has 0 bridgehead atoms. The number of carbonyl (C=O) groups excluding carboxylic acids is 1. The number of hydrogen-bond donors (Lipinski definition) is 1. The molecule has 3 rings (SSSR count). The first-order valence-corrected chi connectivity index (χ1v) is 9.01. The highest BCUT2D eigenvalue weighted by molar-refractivity contribution is 7.98. The number of nitriles is 1. The van der Waals surface area contributed by atoms with Gasteiger partial charge >= 0.3 is 5.97 Å². The number of esters is 1. The fraction of sp³-hybridized carbons (Fsp3) is 0.100. The summed E-state index contributed by atoms with van der Waals surface area (Å²) in [4.78, 5) is 30.7. The number of carbonyl (C=O) groups is 1. The average Bonchev–Trinajstić information content (AvgIpc) is 2.72. The summed E-state index contributed by atoms with van der Waals surface area (Å²) in [7, 11) is 1.30. The summed E-state index contributed by atoms with van der Waals surface area (Å²) in [5, 5.41) is 10.1. The molecule has 0 atom stereocenters. The Morgan fingerprint density at radius 1 is 1.22 bits per heavy atom. The topological polar surface area (TPSA) is 95.8 Å². The molecule has 0 saturated heterocycles. The van der Waals surface area contributed by atoms with Crippen molar-refractivity contribution in [1.29, 1.82) is 5.26 Å². The maximum absolute atomic E-state index is 12.1. The lowest BCUT2D eigenvalue weighted by Gasteiger charge is -2.09. The standard InChI is InChI=1S/C20H15N3O3S/c1-26-20(25)17-9-5-8-14(22-17)12-27-19-16(11-21)15(10-18(24)23-19)13-6-3-2-4-7-13/h2-10H,12H2,1H3,(H,23,24). The molecule has 0 aliphatic carbocycles. The van der Waals surface area contributed by atoms with Crippen LogP contribution in [-0.4, -0.2) is 23.0 Å². The van der Waals surface area contributed by atoms with Crippen LogP contribution in [0.3, 0.4) is 0 Å². The van der Waals surface area contributed by atoms with Gasteiger partial charge in [0.25, 0.3) is 0 Å². The SMILES string of the molecule is COC(=O)c1cccc(CSc2[nH]c(=O)cc(-c3ccccc3)c2C#N)n1. The van der Waals surface area contributed by atoms with Crippen LogP contribution in [0.25, 0.3) is 11.1 Å². The number of methoxy groups -OCH3 is 1. The number of aromatic amines is 1. The number of ether oxygens (including phenoxy) is 1. The first-order chi connectivity index (χ1) is 13.1. The van der Waals surface area contributed by atoms with E-state index >= 15 is 0 Å². The zero-order chi connectivity index (χ0) is 19.2. The Bertz CT molecular complexity index is 1070. The molecule has 1 N–H and O–H groups in total. The van der Waals surface area contributed by atoms with Crippen LogP contribution in [0, 0.1) is 11.3 Å². The molecule has 134 valence electrons. The Morgan fingerprint density at radius 2 is 2.00 bits per heavy atom. The summed E-state index contributed by atoms with van der Waals surface area (Å²) < 4.78 is 4.67. The number of nitrogens with one attached hydrogen (secondary N) is 1. The molecular weight excluding hydrogens is 362 g/mol. The maximum atomic E-state index is 12.1. The second kappa shape index (κ2) is 8.34. The molecule has 0 saturated carbocycles. The molecule has 0 amide bonds. The van der Waals surface area contributed by atoms with Crippen LogP contribution in [0.5, 0.6) is 0 Å². The molecule has 27 heavy (non-hydrogen) atoms. The smallest absolute Gasteiger partial charge is 0.356 e. The van der Waals surface area contributed by atoms with E-state index in [1.807, 2.05) is 30.3 Å². The maximum Gasteiger partial charge on any atom is 0.356 e. The minimum absolute atomic E-state index is 0.211. The zero-order valence-electron chi connectivity index (χ0n) is 14.4. The van der Waals surface area contributed by atoms with Gasteiger partial charge in [-0.25, -0.2) is 9.78 Å². The van der Waals surface area contributed by atoms with Crippen LogP contribution >= 0.6 is 11.8 Å². The lowest BCUT2D eigenvalue weighted by atomic mass is 10.0. The van der Waals surface area contributed by atoms with E-state index in [1.54, 1.807) is 18.2 Å². The number of pyridine rings is 2. The van der Waals surface area contributed by atoms with Crippen LogP contribution < -0.4 is 5.56 Å². The van der Waals surface area contributed by atoms with Crippen molar-refractivity contribution < 1.29 is 9.53 Å². The predicted octanol–water partition coefficient (Wildman–Crippen LogP) is 3.39. The Morgan fingerprint density at radius 3 is 2.70 bits per heavy atom.